The summed E-state index contributed by atoms with van der Waals surface area (Å²) in [5.41, 5.74) is 7.56. The van der Waals surface area contributed by atoms with Crippen molar-refractivity contribution in [1.82, 2.24) is 4.98 Å². The predicted molar refractivity (Wildman–Crippen MR) is 75.4 cm³/mol. The summed E-state index contributed by atoms with van der Waals surface area (Å²) in [5, 5.41) is 0. The summed E-state index contributed by atoms with van der Waals surface area (Å²) in [6, 6.07) is 4.00. The van der Waals surface area contributed by atoms with Crippen LogP contribution in [0.25, 0.3) is 0 Å². The SMILES string of the molecule is CCN(CC1CCC1)c1cccnc1C(N)=S. The number of anilines is 1. The molecule has 2 rings (SSSR count). The molecule has 2 N–H and O–H groups in total. The molecule has 0 saturated heterocycles. The largest absolute Gasteiger partial charge is 0.388 e. The van der Waals surface area contributed by atoms with Gasteiger partial charge in [-0.3, -0.25) is 4.98 Å². The highest BCUT2D eigenvalue weighted by Crippen LogP contribution is 2.29. The lowest BCUT2D eigenvalue weighted by molar-refractivity contribution is 0.318. The van der Waals surface area contributed by atoms with Crippen molar-refractivity contribution in [3.63, 3.8) is 0 Å². The molecule has 0 atom stereocenters. The van der Waals surface area contributed by atoms with Gasteiger partial charge in [0.05, 0.1) is 5.69 Å². The number of nitrogens with two attached hydrogens (primary N) is 1. The number of thiocarbonyl (C=S) groups is 1. The molecule has 0 aliphatic heterocycles. The average Bonchev–Trinajstić information content (AvgIpc) is 2.28. The van der Waals surface area contributed by atoms with Gasteiger partial charge in [0.15, 0.2) is 0 Å². The third-order valence-electron chi connectivity index (χ3n) is 3.45. The monoisotopic (exact) mass is 249 g/mol. The molecule has 0 aromatic carbocycles. The van der Waals surface area contributed by atoms with Crippen LogP contribution in [0, 0.1) is 5.92 Å². The molecule has 1 aliphatic rings. The van der Waals surface area contributed by atoms with Gasteiger partial charge in [-0.05, 0) is 37.8 Å². The maximum atomic E-state index is 5.73. The molecule has 1 aliphatic carbocycles. The molecule has 1 aromatic rings. The number of pyridine rings is 1. The van der Waals surface area contributed by atoms with E-state index in [2.05, 4.69) is 22.9 Å². The van der Waals surface area contributed by atoms with Gasteiger partial charge in [-0.25, -0.2) is 0 Å². The molecular formula is C13H19N3S. The zero-order valence-electron chi connectivity index (χ0n) is 10.2. The van der Waals surface area contributed by atoms with Crippen LogP contribution in [-0.4, -0.2) is 23.1 Å². The van der Waals surface area contributed by atoms with Crippen molar-refractivity contribution >= 4 is 22.9 Å². The first-order valence-corrected chi connectivity index (χ1v) is 6.63. The van der Waals surface area contributed by atoms with Crippen LogP contribution in [0.1, 0.15) is 31.9 Å². The minimum Gasteiger partial charge on any atom is -0.388 e. The second-order valence-corrected chi connectivity index (χ2v) is 5.01. The first kappa shape index (κ1) is 12.3. The Hall–Kier alpha value is -1.16. The molecular weight excluding hydrogens is 230 g/mol. The second-order valence-electron chi connectivity index (χ2n) is 4.57. The maximum Gasteiger partial charge on any atom is 0.124 e. The van der Waals surface area contributed by atoms with Crippen molar-refractivity contribution in [2.45, 2.75) is 26.2 Å². The van der Waals surface area contributed by atoms with Gasteiger partial charge in [0.2, 0.25) is 0 Å². The summed E-state index contributed by atoms with van der Waals surface area (Å²) in [5.74, 6) is 0.828. The lowest BCUT2D eigenvalue weighted by atomic mass is 9.85. The molecule has 3 nitrogen and oxygen atoms in total. The molecule has 0 spiro atoms. The van der Waals surface area contributed by atoms with Gasteiger partial charge in [-0.15, -0.1) is 0 Å². The third kappa shape index (κ3) is 2.75. The quantitative estimate of drug-likeness (QED) is 0.813. The number of nitrogens with zero attached hydrogens (tertiary/aromatic N) is 2. The second kappa shape index (κ2) is 5.45. The van der Waals surface area contributed by atoms with Crippen molar-refractivity contribution in [1.29, 1.82) is 0 Å². The first-order chi connectivity index (χ1) is 8.22. The van der Waals surface area contributed by atoms with Crippen LogP contribution in [0.5, 0.6) is 0 Å². The van der Waals surface area contributed by atoms with E-state index in [4.69, 9.17) is 18.0 Å². The molecule has 1 heterocycles. The molecule has 1 saturated carbocycles. The zero-order valence-corrected chi connectivity index (χ0v) is 11.0. The van der Waals surface area contributed by atoms with Crippen LogP contribution >= 0.6 is 12.2 Å². The Morgan fingerprint density at radius 2 is 2.35 bits per heavy atom. The van der Waals surface area contributed by atoms with E-state index in [1.165, 1.54) is 19.3 Å². The lowest BCUT2D eigenvalue weighted by Gasteiger charge is -2.33. The van der Waals surface area contributed by atoms with Crippen LogP contribution in [0.15, 0.2) is 18.3 Å². The summed E-state index contributed by atoms with van der Waals surface area (Å²) in [4.78, 5) is 7.01. The number of hydrogen-bond donors (Lipinski definition) is 1. The molecule has 1 fully saturated rings. The molecule has 92 valence electrons. The van der Waals surface area contributed by atoms with Crippen LogP contribution in [0.2, 0.25) is 0 Å². The Morgan fingerprint density at radius 1 is 1.59 bits per heavy atom. The van der Waals surface area contributed by atoms with Gasteiger partial charge in [0, 0.05) is 19.3 Å². The zero-order chi connectivity index (χ0) is 12.3. The van der Waals surface area contributed by atoms with Crippen LogP contribution in [0.4, 0.5) is 5.69 Å². The van der Waals surface area contributed by atoms with E-state index < -0.39 is 0 Å². The van der Waals surface area contributed by atoms with Gasteiger partial charge in [0.1, 0.15) is 10.7 Å². The van der Waals surface area contributed by atoms with E-state index in [1.54, 1.807) is 6.20 Å². The molecule has 0 unspecified atom stereocenters. The lowest BCUT2D eigenvalue weighted by Crippen LogP contribution is -2.34. The molecule has 0 amide bonds. The third-order valence-corrected chi connectivity index (χ3v) is 3.64. The summed E-state index contributed by atoms with van der Waals surface area (Å²) >= 11 is 5.06. The minimum atomic E-state index is 0.382. The first-order valence-electron chi connectivity index (χ1n) is 6.22. The fraction of sp³-hybridized carbons (Fsp3) is 0.538. The topological polar surface area (TPSA) is 42.2 Å². The average molecular weight is 249 g/mol. The van der Waals surface area contributed by atoms with E-state index in [9.17, 15) is 0 Å². The van der Waals surface area contributed by atoms with Crippen molar-refractivity contribution in [3.05, 3.63) is 24.0 Å². The summed E-state index contributed by atoms with van der Waals surface area (Å²) < 4.78 is 0. The Morgan fingerprint density at radius 3 is 2.88 bits per heavy atom. The van der Waals surface area contributed by atoms with E-state index >= 15 is 0 Å². The molecule has 1 aromatic heterocycles. The molecule has 0 radical (unpaired) electrons. The Balaban J connectivity index is 2.19. The van der Waals surface area contributed by atoms with Gasteiger partial charge >= 0.3 is 0 Å². The molecule has 0 bridgehead atoms. The maximum absolute atomic E-state index is 5.73. The Bertz CT molecular complexity index is 401. The fourth-order valence-corrected chi connectivity index (χ4v) is 2.38. The standard InChI is InChI=1S/C13H19N3S/c1-2-16(9-10-5-3-6-10)11-7-4-8-15-12(11)13(14)17/h4,7-8,10H,2-3,5-6,9H2,1H3,(H2,14,17). The smallest absolute Gasteiger partial charge is 0.124 e. The minimum absolute atomic E-state index is 0.382. The highest BCUT2D eigenvalue weighted by molar-refractivity contribution is 7.80. The summed E-state index contributed by atoms with van der Waals surface area (Å²) in [6.45, 7) is 4.23. The Kier molecular flexibility index (Phi) is 3.94. The normalized spacial score (nSPS) is 15.4. The van der Waals surface area contributed by atoms with E-state index in [0.29, 0.717) is 4.99 Å². The van der Waals surface area contributed by atoms with E-state index in [-0.39, 0.29) is 0 Å². The highest BCUT2D eigenvalue weighted by atomic mass is 32.1. The summed E-state index contributed by atoms with van der Waals surface area (Å²) in [7, 11) is 0. The van der Waals surface area contributed by atoms with Gasteiger partial charge < -0.3 is 10.6 Å². The summed E-state index contributed by atoms with van der Waals surface area (Å²) in [6.07, 6.45) is 5.81. The highest BCUT2D eigenvalue weighted by Gasteiger charge is 2.22. The molecule has 4 heteroatoms. The van der Waals surface area contributed by atoms with Crippen LogP contribution < -0.4 is 10.6 Å². The number of rotatable bonds is 5. The Labute approximate surface area is 108 Å². The van der Waals surface area contributed by atoms with Crippen molar-refractivity contribution in [2.75, 3.05) is 18.0 Å². The number of hydrogen-bond acceptors (Lipinski definition) is 3. The van der Waals surface area contributed by atoms with Gasteiger partial charge in [-0.1, -0.05) is 18.6 Å². The predicted octanol–water partition coefficient (Wildman–Crippen LogP) is 2.34. The van der Waals surface area contributed by atoms with E-state index in [0.717, 1.165) is 30.4 Å². The van der Waals surface area contributed by atoms with Crippen molar-refractivity contribution < 1.29 is 0 Å². The van der Waals surface area contributed by atoms with E-state index in [1.807, 2.05) is 6.07 Å². The molecule has 17 heavy (non-hydrogen) atoms. The van der Waals surface area contributed by atoms with Crippen LogP contribution in [-0.2, 0) is 0 Å². The fourth-order valence-electron chi connectivity index (χ4n) is 2.23. The van der Waals surface area contributed by atoms with Gasteiger partial charge in [-0.2, -0.15) is 0 Å². The van der Waals surface area contributed by atoms with Crippen molar-refractivity contribution in [2.24, 2.45) is 11.7 Å². The van der Waals surface area contributed by atoms with Gasteiger partial charge in [0.25, 0.3) is 0 Å². The van der Waals surface area contributed by atoms with Crippen LogP contribution in [0.3, 0.4) is 0 Å². The number of aromatic nitrogens is 1. The van der Waals surface area contributed by atoms with Crippen molar-refractivity contribution in [3.8, 4) is 0 Å².